The molecule has 0 saturated carbocycles. The second-order valence-corrected chi connectivity index (χ2v) is 7.11. The van der Waals surface area contributed by atoms with Gasteiger partial charge in [-0.15, -0.1) is 10.2 Å². The molecular weight excluding hydrogens is 397 g/mol. The summed E-state index contributed by atoms with van der Waals surface area (Å²) in [7, 11) is 1.71. The van der Waals surface area contributed by atoms with Crippen molar-refractivity contribution in [1.82, 2.24) is 35.2 Å². The van der Waals surface area contributed by atoms with Crippen LogP contribution < -0.4 is 0 Å². The van der Waals surface area contributed by atoms with Crippen molar-refractivity contribution >= 4 is 5.78 Å². The molecule has 0 aliphatic carbocycles. The lowest BCUT2D eigenvalue weighted by molar-refractivity contribution is 0.0990. The number of carbonyl (C=O) groups is 1. The maximum atomic E-state index is 13.7. The second kappa shape index (κ2) is 8.47. The van der Waals surface area contributed by atoms with Gasteiger partial charge in [-0.3, -0.25) is 19.7 Å². The fraction of sp³-hybridized carbons (Fsp3) is 0.227. The van der Waals surface area contributed by atoms with Gasteiger partial charge in [-0.25, -0.2) is 4.39 Å². The smallest absolute Gasteiger partial charge is 0.204 e. The lowest BCUT2D eigenvalue weighted by atomic mass is 9.99. The number of halogens is 1. The molecule has 0 spiro atoms. The van der Waals surface area contributed by atoms with Gasteiger partial charge in [0, 0.05) is 29.1 Å². The van der Waals surface area contributed by atoms with Crippen LogP contribution in [0.2, 0.25) is 0 Å². The minimum absolute atomic E-state index is 0.0173. The van der Waals surface area contributed by atoms with Crippen molar-refractivity contribution in [3.05, 3.63) is 71.2 Å². The Labute approximate surface area is 178 Å². The molecule has 0 amide bonds. The Morgan fingerprint density at radius 3 is 2.65 bits per heavy atom. The molecule has 3 aromatic heterocycles. The Bertz CT molecular complexity index is 1250. The topological polar surface area (TPSA) is 99.3 Å². The molecule has 0 aliphatic rings. The molecule has 0 saturated heterocycles. The highest BCUT2D eigenvalue weighted by Crippen LogP contribution is 2.27. The van der Waals surface area contributed by atoms with Crippen molar-refractivity contribution in [3.8, 4) is 22.6 Å². The van der Waals surface area contributed by atoms with Crippen LogP contribution in [0.1, 0.15) is 34.1 Å². The standard InChI is InChI=1S/C22H20FN7O/c1-4-14-5-6-15(22-27-29-30(3)28-22)7-17(14)20-12-25-16(9-26-20)8-21(31)18-10-24-11-19(23)13(18)2/h5-7,9-12H,4,8H2,1-3H3. The Kier molecular flexibility index (Phi) is 5.57. The molecule has 156 valence electrons. The number of ketones is 1. The van der Waals surface area contributed by atoms with E-state index < -0.39 is 5.82 Å². The fourth-order valence-electron chi connectivity index (χ4n) is 3.29. The summed E-state index contributed by atoms with van der Waals surface area (Å²) in [6.07, 6.45) is 6.52. The van der Waals surface area contributed by atoms with E-state index in [0.29, 0.717) is 17.2 Å². The molecular formula is C22H20FN7O. The molecule has 0 atom stereocenters. The Hall–Kier alpha value is -3.88. The summed E-state index contributed by atoms with van der Waals surface area (Å²) < 4.78 is 13.7. The first-order valence-electron chi connectivity index (χ1n) is 9.78. The van der Waals surface area contributed by atoms with Gasteiger partial charge in [0.1, 0.15) is 5.82 Å². The highest BCUT2D eigenvalue weighted by molar-refractivity contribution is 5.98. The molecule has 0 fully saturated rings. The predicted molar refractivity (Wildman–Crippen MR) is 112 cm³/mol. The number of aromatic nitrogens is 7. The molecule has 3 heterocycles. The first-order chi connectivity index (χ1) is 15.0. The monoisotopic (exact) mass is 417 g/mol. The first-order valence-corrected chi connectivity index (χ1v) is 9.78. The highest BCUT2D eigenvalue weighted by Gasteiger charge is 2.15. The van der Waals surface area contributed by atoms with Crippen LogP contribution in [0.15, 0.2) is 43.0 Å². The first kappa shape index (κ1) is 20.4. The zero-order chi connectivity index (χ0) is 22.0. The third-order valence-electron chi connectivity index (χ3n) is 5.03. The van der Waals surface area contributed by atoms with E-state index in [-0.39, 0.29) is 23.3 Å². The average molecular weight is 417 g/mol. The van der Waals surface area contributed by atoms with Crippen LogP contribution in [-0.2, 0) is 19.9 Å². The zero-order valence-corrected chi connectivity index (χ0v) is 17.4. The SMILES string of the molecule is CCc1ccc(-c2nnn(C)n2)cc1-c1cnc(CC(=O)c2cncc(F)c2C)cn1. The quantitative estimate of drug-likeness (QED) is 0.444. The zero-order valence-electron chi connectivity index (χ0n) is 17.4. The second-order valence-electron chi connectivity index (χ2n) is 7.11. The maximum absolute atomic E-state index is 13.7. The molecule has 31 heavy (non-hydrogen) atoms. The van der Waals surface area contributed by atoms with Crippen LogP contribution in [0.5, 0.6) is 0 Å². The Morgan fingerprint density at radius 2 is 1.97 bits per heavy atom. The van der Waals surface area contributed by atoms with Gasteiger partial charge in [-0.05, 0) is 35.8 Å². The summed E-state index contributed by atoms with van der Waals surface area (Å²) in [5, 5.41) is 12.2. The molecule has 8 nitrogen and oxygen atoms in total. The number of Topliss-reactive ketones (excluding diaryl/α,β-unsaturated/α-hetero) is 1. The normalized spacial score (nSPS) is 11.0. The van der Waals surface area contributed by atoms with Crippen LogP contribution >= 0.6 is 0 Å². The van der Waals surface area contributed by atoms with Crippen molar-refractivity contribution < 1.29 is 9.18 Å². The number of benzene rings is 1. The van der Waals surface area contributed by atoms with Crippen LogP contribution in [-0.4, -0.2) is 40.9 Å². The number of rotatable bonds is 6. The van der Waals surface area contributed by atoms with Crippen LogP contribution in [0.4, 0.5) is 4.39 Å². The van der Waals surface area contributed by atoms with E-state index >= 15 is 0 Å². The molecule has 9 heteroatoms. The molecule has 0 radical (unpaired) electrons. The minimum Gasteiger partial charge on any atom is -0.294 e. The number of carbonyl (C=O) groups excluding carboxylic acids is 1. The summed E-state index contributed by atoms with van der Waals surface area (Å²) in [6.45, 7) is 3.62. The minimum atomic E-state index is -0.503. The van der Waals surface area contributed by atoms with Crippen molar-refractivity contribution in [2.45, 2.75) is 26.7 Å². The number of hydrogen-bond acceptors (Lipinski definition) is 7. The number of tetrazole rings is 1. The van der Waals surface area contributed by atoms with Gasteiger partial charge in [0.05, 0.1) is 37.3 Å². The van der Waals surface area contributed by atoms with Crippen molar-refractivity contribution in [2.75, 3.05) is 0 Å². The molecule has 0 N–H and O–H groups in total. The van der Waals surface area contributed by atoms with Gasteiger partial charge < -0.3 is 0 Å². The van der Waals surface area contributed by atoms with E-state index in [1.807, 2.05) is 18.2 Å². The van der Waals surface area contributed by atoms with E-state index in [1.165, 1.54) is 11.0 Å². The number of pyridine rings is 1. The van der Waals surface area contributed by atoms with Crippen LogP contribution in [0, 0.1) is 12.7 Å². The van der Waals surface area contributed by atoms with E-state index in [4.69, 9.17) is 0 Å². The number of aryl methyl sites for hydroxylation is 2. The third-order valence-corrected chi connectivity index (χ3v) is 5.03. The average Bonchev–Trinajstić information content (AvgIpc) is 3.22. The van der Waals surface area contributed by atoms with Gasteiger partial charge in [0.2, 0.25) is 5.82 Å². The molecule has 1 aromatic carbocycles. The lowest BCUT2D eigenvalue weighted by Crippen LogP contribution is -2.09. The van der Waals surface area contributed by atoms with E-state index in [2.05, 4.69) is 37.3 Å². The van der Waals surface area contributed by atoms with Gasteiger partial charge in [0.25, 0.3) is 0 Å². The molecule has 0 aliphatic heterocycles. The van der Waals surface area contributed by atoms with Gasteiger partial charge >= 0.3 is 0 Å². The third kappa shape index (κ3) is 4.20. The van der Waals surface area contributed by atoms with E-state index in [1.54, 1.807) is 26.4 Å². The van der Waals surface area contributed by atoms with E-state index in [0.717, 1.165) is 29.3 Å². The Balaban J connectivity index is 1.60. The predicted octanol–water partition coefficient (Wildman–Crippen LogP) is 3.16. The summed E-state index contributed by atoms with van der Waals surface area (Å²) >= 11 is 0. The van der Waals surface area contributed by atoms with Gasteiger partial charge in [0.15, 0.2) is 5.78 Å². The van der Waals surface area contributed by atoms with Crippen molar-refractivity contribution in [1.29, 1.82) is 0 Å². The van der Waals surface area contributed by atoms with Crippen LogP contribution in [0.3, 0.4) is 0 Å². The molecule has 4 aromatic rings. The summed E-state index contributed by atoms with van der Waals surface area (Å²) in [6, 6.07) is 5.93. The number of nitrogens with zero attached hydrogens (tertiary/aromatic N) is 7. The lowest BCUT2D eigenvalue weighted by Gasteiger charge is -2.10. The molecule has 0 unspecified atom stereocenters. The van der Waals surface area contributed by atoms with Crippen LogP contribution in [0.25, 0.3) is 22.6 Å². The van der Waals surface area contributed by atoms with Crippen molar-refractivity contribution in [2.24, 2.45) is 7.05 Å². The number of hydrogen-bond donors (Lipinski definition) is 0. The Morgan fingerprint density at radius 1 is 1.13 bits per heavy atom. The highest BCUT2D eigenvalue weighted by atomic mass is 19.1. The molecule has 0 bridgehead atoms. The van der Waals surface area contributed by atoms with Gasteiger partial charge in [-0.2, -0.15) is 4.80 Å². The molecule has 4 rings (SSSR count). The fourth-order valence-corrected chi connectivity index (χ4v) is 3.29. The summed E-state index contributed by atoms with van der Waals surface area (Å²) in [5.41, 5.74) is 4.57. The largest absolute Gasteiger partial charge is 0.294 e. The van der Waals surface area contributed by atoms with Crippen molar-refractivity contribution in [3.63, 3.8) is 0 Å². The van der Waals surface area contributed by atoms with Gasteiger partial charge in [-0.1, -0.05) is 19.1 Å². The van der Waals surface area contributed by atoms with E-state index in [9.17, 15) is 9.18 Å². The summed E-state index contributed by atoms with van der Waals surface area (Å²) in [4.78, 5) is 26.7. The maximum Gasteiger partial charge on any atom is 0.204 e. The summed E-state index contributed by atoms with van der Waals surface area (Å²) in [5.74, 6) is -0.228.